The quantitative estimate of drug-likeness (QED) is 0.776. The van der Waals surface area contributed by atoms with Gasteiger partial charge in [0, 0.05) is 12.6 Å². The molecule has 0 aliphatic carbocycles. The number of pyridine rings is 1. The van der Waals surface area contributed by atoms with Gasteiger partial charge in [0.15, 0.2) is 11.6 Å². The Kier molecular flexibility index (Phi) is 3.37. The van der Waals surface area contributed by atoms with Gasteiger partial charge in [-0.1, -0.05) is 6.92 Å². The van der Waals surface area contributed by atoms with Crippen molar-refractivity contribution in [2.24, 2.45) is 0 Å². The lowest BCUT2D eigenvalue weighted by Gasteiger charge is -2.02. The molecule has 4 heteroatoms. The van der Waals surface area contributed by atoms with Gasteiger partial charge < -0.3 is 5.32 Å². The van der Waals surface area contributed by atoms with Crippen LogP contribution in [0.2, 0.25) is 0 Å². The zero-order chi connectivity index (χ0) is 9.68. The first-order chi connectivity index (χ1) is 6.24. The Labute approximate surface area is 76.0 Å². The van der Waals surface area contributed by atoms with Crippen LogP contribution in [0.25, 0.3) is 0 Å². The van der Waals surface area contributed by atoms with Crippen molar-refractivity contribution in [3.05, 3.63) is 24.1 Å². The lowest BCUT2D eigenvalue weighted by atomic mass is 10.3. The lowest BCUT2D eigenvalue weighted by Crippen LogP contribution is -2.12. The monoisotopic (exact) mass is 182 g/mol. The van der Waals surface area contributed by atoms with Crippen molar-refractivity contribution in [1.29, 1.82) is 0 Å². The van der Waals surface area contributed by atoms with E-state index in [2.05, 4.69) is 10.3 Å². The number of halogens is 1. The number of nitrogens with one attached hydrogen (secondary N) is 1. The molecule has 1 rings (SSSR count). The van der Waals surface area contributed by atoms with Gasteiger partial charge in [0.1, 0.15) is 0 Å². The zero-order valence-corrected chi connectivity index (χ0v) is 7.38. The largest absolute Gasteiger partial charge is 0.308 e. The van der Waals surface area contributed by atoms with Crippen molar-refractivity contribution < 1.29 is 9.18 Å². The average Bonchev–Trinajstić information content (AvgIpc) is 2.09. The Bertz CT molecular complexity index is 301. The molecule has 3 nitrogen and oxygen atoms in total. The third kappa shape index (κ3) is 2.82. The predicted octanol–water partition coefficient (Wildman–Crippen LogP) is 1.96. The molecule has 0 fully saturated rings. The summed E-state index contributed by atoms with van der Waals surface area (Å²) in [6.45, 7) is 1.88. The van der Waals surface area contributed by atoms with E-state index in [1.807, 2.05) is 6.92 Å². The van der Waals surface area contributed by atoms with Crippen molar-refractivity contribution in [3.8, 4) is 0 Å². The fourth-order valence-electron chi connectivity index (χ4n) is 0.899. The van der Waals surface area contributed by atoms with Crippen LogP contribution < -0.4 is 5.32 Å². The van der Waals surface area contributed by atoms with E-state index in [9.17, 15) is 9.18 Å². The molecule has 1 aromatic heterocycles. The molecule has 1 amide bonds. The predicted molar refractivity (Wildman–Crippen MR) is 47.7 cm³/mol. The van der Waals surface area contributed by atoms with E-state index in [-0.39, 0.29) is 11.7 Å². The highest BCUT2D eigenvalue weighted by atomic mass is 19.1. The van der Waals surface area contributed by atoms with Gasteiger partial charge in [-0.05, 0) is 18.6 Å². The molecule has 0 unspecified atom stereocenters. The van der Waals surface area contributed by atoms with Crippen LogP contribution in [-0.4, -0.2) is 10.9 Å². The molecular formula is C9H11FN2O. The summed E-state index contributed by atoms with van der Waals surface area (Å²) in [5.41, 5.74) is 0. The summed E-state index contributed by atoms with van der Waals surface area (Å²) in [6, 6.07) is 2.74. The van der Waals surface area contributed by atoms with Crippen LogP contribution in [0.1, 0.15) is 19.8 Å². The number of nitrogens with zero attached hydrogens (tertiary/aromatic N) is 1. The number of aromatic nitrogens is 1. The Morgan fingerprint density at radius 3 is 3.08 bits per heavy atom. The van der Waals surface area contributed by atoms with Crippen LogP contribution in [0.5, 0.6) is 0 Å². The first kappa shape index (κ1) is 9.64. The highest BCUT2D eigenvalue weighted by Crippen LogP contribution is 2.08. The number of anilines is 1. The highest BCUT2D eigenvalue weighted by molar-refractivity contribution is 5.89. The van der Waals surface area contributed by atoms with Crippen molar-refractivity contribution >= 4 is 11.7 Å². The maximum Gasteiger partial charge on any atom is 0.225 e. The SMILES string of the molecule is CCCC(=O)Nc1ncccc1F. The minimum Gasteiger partial charge on any atom is -0.308 e. The summed E-state index contributed by atoms with van der Waals surface area (Å²) < 4.78 is 12.9. The third-order valence-electron chi connectivity index (χ3n) is 1.49. The van der Waals surface area contributed by atoms with Gasteiger partial charge in [-0.3, -0.25) is 4.79 Å². The van der Waals surface area contributed by atoms with Crippen LogP contribution in [0.4, 0.5) is 10.2 Å². The molecule has 0 aliphatic heterocycles. The van der Waals surface area contributed by atoms with Gasteiger partial charge in [-0.25, -0.2) is 9.37 Å². The summed E-state index contributed by atoms with van der Waals surface area (Å²) in [6.07, 6.45) is 2.56. The molecule has 0 bridgehead atoms. The molecule has 1 aromatic rings. The van der Waals surface area contributed by atoms with Gasteiger partial charge in [-0.15, -0.1) is 0 Å². The number of hydrogen-bond acceptors (Lipinski definition) is 2. The molecule has 0 aromatic carbocycles. The number of carbonyl (C=O) groups is 1. The average molecular weight is 182 g/mol. The van der Waals surface area contributed by atoms with E-state index in [1.54, 1.807) is 0 Å². The summed E-state index contributed by atoms with van der Waals surface area (Å²) in [7, 11) is 0. The van der Waals surface area contributed by atoms with E-state index >= 15 is 0 Å². The van der Waals surface area contributed by atoms with E-state index in [0.29, 0.717) is 6.42 Å². The number of rotatable bonds is 3. The maximum atomic E-state index is 12.9. The normalized spacial score (nSPS) is 9.69. The topological polar surface area (TPSA) is 42.0 Å². The van der Waals surface area contributed by atoms with E-state index in [4.69, 9.17) is 0 Å². The molecule has 13 heavy (non-hydrogen) atoms. The second-order valence-corrected chi connectivity index (χ2v) is 2.63. The van der Waals surface area contributed by atoms with E-state index in [0.717, 1.165) is 6.42 Å². The van der Waals surface area contributed by atoms with Gasteiger partial charge in [0.2, 0.25) is 5.91 Å². The molecule has 0 aliphatic rings. The van der Waals surface area contributed by atoms with Crippen LogP contribution in [0.15, 0.2) is 18.3 Å². The van der Waals surface area contributed by atoms with Gasteiger partial charge in [0.25, 0.3) is 0 Å². The molecule has 0 spiro atoms. The fraction of sp³-hybridized carbons (Fsp3) is 0.333. The van der Waals surface area contributed by atoms with Crippen LogP contribution >= 0.6 is 0 Å². The molecule has 0 radical (unpaired) electrons. The lowest BCUT2D eigenvalue weighted by molar-refractivity contribution is -0.116. The Morgan fingerprint density at radius 1 is 1.69 bits per heavy atom. The van der Waals surface area contributed by atoms with Crippen LogP contribution in [-0.2, 0) is 4.79 Å². The smallest absolute Gasteiger partial charge is 0.225 e. The van der Waals surface area contributed by atoms with Crippen molar-refractivity contribution in [1.82, 2.24) is 4.98 Å². The van der Waals surface area contributed by atoms with Crippen molar-refractivity contribution in [2.45, 2.75) is 19.8 Å². The minimum absolute atomic E-state index is 0.000880. The standard InChI is InChI=1S/C9H11FN2O/c1-2-4-8(13)12-9-7(10)5-3-6-11-9/h3,5-6H,2,4H2,1H3,(H,11,12,13). The third-order valence-corrected chi connectivity index (χ3v) is 1.49. The Hall–Kier alpha value is -1.45. The molecule has 0 saturated heterocycles. The first-order valence-electron chi connectivity index (χ1n) is 4.14. The molecule has 0 saturated carbocycles. The second kappa shape index (κ2) is 4.54. The molecule has 70 valence electrons. The zero-order valence-electron chi connectivity index (χ0n) is 7.38. The molecular weight excluding hydrogens is 171 g/mol. The van der Waals surface area contributed by atoms with E-state index in [1.165, 1.54) is 18.3 Å². The minimum atomic E-state index is -0.507. The second-order valence-electron chi connectivity index (χ2n) is 2.63. The number of hydrogen-bond donors (Lipinski definition) is 1. The molecule has 0 atom stereocenters. The Balaban J connectivity index is 2.63. The van der Waals surface area contributed by atoms with Crippen LogP contribution in [0, 0.1) is 5.82 Å². The number of carbonyl (C=O) groups excluding carboxylic acids is 1. The van der Waals surface area contributed by atoms with Gasteiger partial charge in [0.05, 0.1) is 0 Å². The molecule has 1 N–H and O–H groups in total. The summed E-state index contributed by atoms with van der Waals surface area (Å²) in [4.78, 5) is 14.7. The van der Waals surface area contributed by atoms with Crippen molar-refractivity contribution in [2.75, 3.05) is 5.32 Å². The number of amides is 1. The van der Waals surface area contributed by atoms with Gasteiger partial charge in [-0.2, -0.15) is 0 Å². The van der Waals surface area contributed by atoms with Gasteiger partial charge >= 0.3 is 0 Å². The fourth-order valence-corrected chi connectivity index (χ4v) is 0.899. The summed E-state index contributed by atoms with van der Waals surface area (Å²) >= 11 is 0. The Morgan fingerprint density at radius 2 is 2.46 bits per heavy atom. The van der Waals surface area contributed by atoms with Crippen LogP contribution in [0.3, 0.4) is 0 Å². The molecule has 1 heterocycles. The summed E-state index contributed by atoms with van der Waals surface area (Å²) in [5.74, 6) is -0.715. The highest BCUT2D eigenvalue weighted by Gasteiger charge is 2.05. The van der Waals surface area contributed by atoms with E-state index < -0.39 is 5.82 Å². The van der Waals surface area contributed by atoms with Crippen molar-refractivity contribution in [3.63, 3.8) is 0 Å². The summed E-state index contributed by atoms with van der Waals surface area (Å²) in [5, 5.41) is 2.39. The first-order valence-corrected chi connectivity index (χ1v) is 4.14. The maximum absolute atomic E-state index is 12.9.